The second-order valence-corrected chi connectivity index (χ2v) is 14.9. The number of ketones is 1. The van der Waals surface area contributed by atoms with Gasteiger partial charge in [0.05, 0.1) is 43.2 Å². The summed E-state index contributed by atoms with van der Waals surface area (Å²) in [5.41, 5.74) is -6.32. The third kappa shape index (κ3) is 4.27. The van der Waals surface area contributed by atoms with Crippen molar-refractivity contribution in [2.45, 2.75) is 121 Å². The molecule has 4 heterocycles. The maximum atomic E-state index is 14.7. The van der Waals surface area contributed by atoms with Crippen LogP contribution < -0.4 is 0 Å². The number of Topliss-reactive ketones (excluding diaryl/α,β-unsaturated/α-hetero) is 1. The molecule has 2 saturated carbocycles. The van der Waals surface area contributed by atoms with Crippen molar-refractivity contribution in [1.82, 2.24) is 0 Å². The van der Waals surface area contributed by atoms with E-state index in [0.717, 1.165) is 0 Å². The van der Waals surface area contributed by atoms with Gasteiger partial charge in [-0.3, -0.25) is 9.59 Å². The van der Waals surface area contributed by atoms with Crippen molar-refractivity contribution >= 4 is 17.7 Å². The number of carbonyl (C=O) groups is 3. The molecule has 1 spiro atoms. The number of aliphatic carboxylic acids is 1. The standard InChI is InChI=1S/C32H44O14/c1-28(2)17-10-19(35)31(5)16(30(17,4)18(34)11-20(36)45-28)6-8-29(3,32(31)25(46-32)26(40)41)24(14-7-9-42-13-14)44-27-23(39)22(38)21(37)15(12-33)43-27/h7,9,13,15-18,21-25,27,33-34,37-39H,6,8,10-12H2,1-5H3,(H,40,41)/t15-,16+,17-,18+,21-,22+,23-,24-,25+,27+,29-,30+,31-,32+/m0/s1. The van der Waals surface area contributed by atoms with Gasteiger partial charge < -0.3 is 54.0 Å². The summed E-state index contributed by atoms with van der Waals surface area (Å²) in [6, 6.07) is 1.58. The lowest BCUT2D eigenvalue weighted by atomic mass is 9.37. The second-order valence-electron chi connectivity index (χ2n) is 14.9. The predicted octanol–water partition coefficient (Wildman–Crippen LogP) is 0.464. The first kappa shape index (κ1) is 33.5. The molecule has 14 nitrogen and oxygen atoms in total. The molecule has 5 aliphatic rings. The Balaban J connectivity index is 1.49. The number of carboxylic acids is 1. The van der Waals surface area contributed by atoms with E-state index < -0.39 is 107 Å². The molecule has 0 bridgehead atoms. The molecule has 0 amide bonds. The zero-order valence-electron chi connectivity index (χ0n) is 26.5. The van der Waals surface area contributed by atoms with Crippen LogP contribution >= 0.6 is 0 Å². The van der Waals surface area contributed by atoms with E-state index in [2.05, 4.69) is 0 Å². The minimum atomic E-state index is -1.76. The molecule has 1 aromatic rings. The third-order valence-corrected chi connectivity index (χ3v) is 12.4. The Labute approximate surface area is 265 Å². The molecular formula is C32H44O14. The summed E-state index contributed by atoms with van der Waals surface area (Å²) in [5.74, 6) is -3.41. The number of aliphatic hydroxyl groups is 5. The fourth-order valence-corrected chi connectivity index (χ4v) is 10.1. The Morgan fingerprint density at radius 1 is 1.02 bits per heavy atom. The quantitative estimate of drug-likeness (QED) is 0.181. The van der Waals surface area contributed by atoms with Crippen LogP contribution in [0.25, 0.3) is 0 Å². The normalized spacial score (nSPS) is 49.0. The SMILES string of the molecule is CC1(C)OC(=O)C[C@@H](O)[C@]2(C)[C@H]3CC[C@@](C)([C@@H](O[C@H]4O[C@@H](CO)[C@H](O)[C@@H](O)[C@@H]4O)c4ccoc4)[C@@]4(O[C@@H]4C(=O)O)[C@]3(C)C(=O)C[C@@H]12. The van der Waals surface area contributed by atoms with Gasteiger partial charge in [0.25, 0.3) is 0 Å². The van der Waals surface area contributed by atoms with Crippen LogP contribution in [0.2, 0.25) is 0 Å². The number of ether oxygens (including phenoxy) is 4. The van der Waals surface area contributed by atoms with Gasteiger partial charge in [-0.1, -0.05) is 13.8 Å². The lowest BCUT2D eigenvalue weighted by Gasteiger charge is -2.65. The molecule has 256 valence electrons. The van der Waals surface area contributed by atoms with Crippen LogP contribution in [-0.2, 0) is 33.3 Å². The highest BCUT2D eigenvalue weighted by molar-refractivity contribution is 5.92. The molecule has 14 heteroatoms. The summed E-state index contributed by atoms with van der Waals surface area (Å²) in [6.45, 7) is 8.01. The van der Waals surface area contributed by atoms with Gasteiger partial charge >= 0.3 is 11.9 Å². The molecule has 0 radical (unpaired) electrons. The van der Waals surface area contributed by atoms with E-state index in [1.54, 1.807) is 33.8 Å². The summed E-state index contributed by atoms with van der Waals surface area (Å²) in [5, 5.41) is 63.6. The highest BCUT2D eigenvalue weighted by atomic mass is 16.7. The van der Waals surface area contributed by atoms with Crippen LogP contribution in [0.1, 0.15) is 72.0 Å². The van der Waals surface area contributed by atoms with Crippen molar-refractivity contribution in [1.29, 1.82) is 0 Å². The summed E-state index contributed by atoms with van der Waals surface area (Å²) < 4.78 is 29.5. The highest BCUT2D eigenvalue weighted by Gasteiger charge is 2.86. The van der Waals surface area contributed by atoms with Crippen LogP contribution in [0, 0.1) is 28.1 Å². The molecule has 6 rings (SSSR count). The minimum absolute atomic E-state index is 0.113. The van der Waals surface area contributed by atoms with Crippen molar-refractivity contribution in [2.75, 3.05) is 6.61 Å². The van der Waals surface area contributed by atoms with Crippen molar-refractivity contribution in [3.63, 3.8) is 0 Å². The van der Waals surface area contributed by atoms with Crippen LogP contribution in [0.4, 0.5) is 0 Å². The number of hydrogen-bond acceptors (Lipinski definition) is 13. The van der Waals surface area contributed by atoms with Gasteiger partial charge in [0, 0.05) is 28.7 Å². The fraction of sp³-hybridized carbons (Fsp3) is 0.781. The number of aliphatic hydroxyl groups excluding tert-OH is 5. The zero-order valence-corrected chi connectivity index (χ0v) is 26.5. The molecule has 3 saturated heterocycles. The topological polar surface area (TPSA) is 226 Å². The Bertz CT molecular complexity index is 1380. The van der Waals surface area contributed by atoms with E-state index in [9.17, 15) is 45.0 Å². The number of carboxylic acid groups (broad SMARTS) is 1. The molecule has 3 aliphatic heterocycles. The molecular weight excluding hydrogens is 608 g/mol. The molecule has 2 aliphatic carbocycles. The van der Waals surface area contributed by atoms with E-state index in [1.165, 1.54) is 12.5 Å². The van der Waals surface area contributed by atoms with Gasteiger partial charge in [0.15, 0.2) is 12.4 Å². The number of epoxide rings is 1. The van der Waals surface area contributed by atoms with Gasteiger partial charge in [-0.05, 0) is 45.6 Å². The van der Waals surface area contributed by atoms with Crippen LogP contribution in [0.5, 0.6) is 0 Å². The number of rotatable bonds is 6. The van der Waals surface area contributed by atoms with Crippen LogP contribution in [0.3, 0.4) is 0 Å². The van der Waals surface area contributed by atoms with E-state index in [1.807, 2.05) is 6.92 Å². The third-order valence-electron chi connectivity index (χ3n) is 12.4. The summed E-state index contributed by atoms with van der Waals surface area (Å²) in [7, 11) is 0. The molecule has 46 heavy (non-hydrogen) atoms. The maximum absolute atomic E-state index is 14.7. The highest BCUT2D eigenvalue weighted by Crippen LogP contribution is 2.77. The molecule has 14 atom stereocenters. The average molecular weight is 653 g/mol. The van der Waals surface area contributed by atoms with E-state index in [0.29, 0.717) is 5.56 Å². The first-order valence-electron chi connectivity index (χ1n) is 15.7. The summed E-state index contributed by atoms with van der Waals surface area (Å²) in [4.78, 5) is 40.2. The number of fused-ring (bicyclic) bond motifs is 4. The monoisotopic (exact) mass is 652 g/mol. The zero-order chi connectivity index (χ0) is 33.8. The predicted molar refractivity (Wildman–Crippen MR) is 152 cm³/mol. The van der Waals surface area contributed by atoms with Crippen molar-refractivity contribution in [2.24, 2.45) is 28.1 Å². The second kappa shape index (κ2) is 10.8. The Hall–Kier alpha value is -2.43. The number of carbonyl (C=O) groups excluding carboxylic acids is 2. The van der Waals surface area contributed by atoms with Crippen molar-refractivity contribution < 1.29 is 68.4 Å². The number of cyclic esters (lactones) is 1. The van der Waals surface area contributed by atoms with Gasteiger partial charge in [0.2, 0.25) is 0 Å². The largest absolute Gasteiger partial charge is 0.479 e. The molecule has 5 fully saturated rings. The van der Waals surface area contributed by atoms with E-state index in [-0.39, 0.29) is 31.5 Å². The van der Waals surface area contributed by atoms with Crippen LogP contribution in [0.15, 0.2) is 23.0 Å². The van der Waals surface area contributed by atoms with Gasteiger partial charge in [-0.2, -0.15) is 0 Å². The molecule has 6 N–H and O–H groups in total. The Morgan fingerprint density at radius 2 is 1.72 bits per heavy atom. The van der Waals surface area contributed by atoms with Crippen molar-refractivity contribution in [3.8, 4) is 0 Å². The summed E-state index contributed by atoms with van der Waals surface area (Å²) >= 11 is 0. The van der Waals surface area contributed by atoms with Gasteiger partial charge in [-0.25, -0.2) is 4.79 Å². The molecule has 1 aromatic heterocycles. The fourth-order valence-electron chi connectivity index (χ4n) is 10.1. The van der Waals surface area contributed by atoms with Crippen LogP contribution in [-0.4, -0.2) is 109 Å². The number of esters is 1. The minimum Gasteiger partial charge on any atom is -0.479 e. The maximum Gasteiger partial charge on any atom is 0.335 e. The number of furan rings is 1. The number of hydrogen-bond donors (Lipinski definition) is 6. The summed E-state index contributed by atoms with van der Waals surface area (Å²) in [6.07, 6.45) is -8.96. The van der Waals surface area contributed by atoms with Gasteiger partial charge in [0.1, 0.15) is 41.4 Å². The van der Waals surface area contributed by atoms with Gasteiger partial charge in [-0.15, -0.1) is 0 Å². The lowest BCUT2D eigenvalue weighted by Crippen LogP contribution is -2.71. The van der Waals surface area contributed by atoms with E-state index >= 15 is 0 Å². The van der Waals surface area contributed by atoms with E-state index in [4.69, 9.17) is 23.4 Å². The smallest absolute Gasteiger partial charge is 0.335 e. The average Bonchev–Trinajstić information content (AvgIpc) is 3.56. The van der Waals surface area contributed by atoms with Crippen molar-refractivity contribution in [3.05, 3.63) is 24.2 Å². The first-order valence-corrected chi connectivity index (χ1v) is 15.7. The Morgan fingerprint density at radius 3 is 2.30 bits per heavy atom. The molecule has 0 unspecified atom stereocenters. The lowest BCUT2D eigenvalue weighted by molar-refractivity contribution is -0.328. The Kier molecular flexibility index (Phi) is 7.85. The molecule has 0 aromatic carbocycles. The first-order chi connectivity index (χ1) is 21.4.